The first-order valence-electron chi connectivity index (χ1n) is 5.20. The smallest absolute Gasteiger partial charge is 0.308 e. The van der Waals surface area contributed by atoms with Gasteiger partial charge in [0.2, 0.25) is 11.8 Å². The molecule has 2 aromatic rings. The first-order valence-corrected chi connectivity index (χ1v) is 5.20. The molecule has 88 valence electrons. The second kappa shape index (κ2) is 4.78. The minimum absolute atomic E-state index is 0.328. The average Bonchev–Trinajstić information content (AvgIpc) is 2.66. The first-order chi connectivity index (χ1) is 8.13. The molecule has 1 aromatic carbocycles. The number of carbonyl (C=O) groups excluding carboxylic acids is 1. The van der Waals surface area contributed by atoms with Gasteiger partial charge in [-0.15, -0.1) is 10.2 Å². The van der Waals surface area contributed by atoms with Crippen LogP contribution < -0.4 is 4.74 Å². The Hall–Kier alpha value is -2.17. The standard InChI is InChI=1S/C12H12N2O3/c1-8-13-14-12(16-8)7-10-3-5-11(6-4-10)17-9(2)15/h3-6H,7H2,1-2H3. The lowest BCUT2D eigenvalue weighted by Crippen LogP contribution is -2.01. The highest BCUT2D eigenvalue weighted by Crippen LogP contribution is 2.14. The molecule has 0 unspecified atom stereocenters. The lowest BCUT2D eigenvalue weighted by molar-refractivity contribution is -0.131. The number of aromatic nitrogens is 2. The summed E-state index contributed by atoms with van der Waals surface area (Å²) in [6.45, 7) is 3.12. The third-order valence-corrected chi connectivity index (χ3v) is 2.11. The number of hydrogen-bond acceptors (Lipinski definition) is 5. The molecule has 0 fully saturated rings. The monoisotopic (exact) mass is 232 g/mol. The minimum atomic E-state index is -0.328. The molecule has 17 heavy (non-hydrogen) atoms. The zero-order valence-electron chi connectivity index (χ0n) is 9.64. The molecule has 0 spiro atoms. The second-order valence-electron chi connectivity index (χ2n) is 3.63. The van der Waals surface area contributed by atoms with Crippen molar-refractivity contribution in [2.45, 2.75) is 20.3 Å². The van der Waals surface area contributed by atoms with E-state index in [2.05, 4.69) is 10.2 Å². The van der Waals surface area contributed by atoms with Crippen LogP contribution in [-0.2, 0) is 11.2 Å². The molecule has 1 aromatic heterocycles. The van der Waals surface area contributed by atoms with Gasteiger partial charge in [-0.3, -0.25) is 4.79 Å². The van der Waals surface area contributed by atoms with Gasteiger partial charge in [0.25, 0.3) is 0 Å². The molecule has 0 saturated heterocycles. The summed E-state index contributed by atoms with van der Waals surface area (Å²) >= 11 is 0. The number of hydrogen-bond donors (Lipinski definition) is 0. The normalized spacial score (nSPS) is 10.2. The van der Waals surface area contributed by atoms with E-state index in [4.69, 9.17) is 9.15 Å². The van der Waals surface area contributed by atoms with Crippen LogP contribution >= 0.6 is 0 Å². The van der Waals surface area contributed by atoms with Crippen molar-refractivity contribution in [1.29, 1.82) is 0 Å². The van der Waals surface area contributed by atoms with Crippen molar-refractivity contribution in [3.8, 4) is 5.75 Å². The van der Waals surface area contributed by atoms with Gasteiger partial charge in [0.1, 0.15) is 5.75 Å². The van der Waals surface area contributed by atoms with Crippen molar-refractivity contribution in [3.05, 3.63) is 41.6 Å². The maximum absolute atomic E-state index is 10.7. The first kappa shape index (κ1) is 11.3. The van der Waals surface area contributed by atoms with Gasteiger partial charge in [-0.1, -0.05) is 12.1 Å². The molecule has 0 bridgehead atoms. The lowest BCUT2D eigenvalue weighted by atomic mass is 10.1. The maximum Gasteiger partial charge on any atom is 0.308 e. The highest BCUT2D eigenvalue weighted by atomic mass is 16.5. The van der Waals surface area contributed by atoms with E-state index < -0.39 is 0 Å². The van der Waals surface area contributed by atoms with Crippen molar-refractivity contribution < 1.29 is 13.9 Å². The summed E-state index contributed by atoms with van der Waals surface area (Å²) in [4.78, 5) is 10.7. The number of aryl methyl sites for hydroxylation is 1. The Morgan fingerprint density at radius 1 is 1.29 bits per heavy atom. The largest absolute Gasteiger partial charge is 0.427 e. The van der Waals surface area contributed by atoms with Crippen LogP contribution in [0.5, 0.6) is 5.75 Å². The number of ether oxygens (including phenoxy) is 1. The molecule has 0 amide bonds. The second-order valence-corrected chi connectivity index (χ2v) is 3.63. The van der Waals surface area contributed by atoms with Crippen LogP contribution in [0.1, 0.15) is 24.3 Å². The van der Waals surface area contributed by atoms with Crippen molar-refractivity contribution >= 4 is 5.97 Å². The van der Waals surface area contributed by atoms with E-state index in [0.29, 0.717) is 24.0 Å². The molecule has 0 saturated carbocycles. The van der Waals surface area contributed by atoms with Crippen LogP contribution in [0.4, 0.5) is 0 Å². The Morgan fingerprint density at radius 2 is 2.00 bits per heavy atom. The predicted molar refractivity (Wildman–Crippen MR) is 59.6 cm³/mol. The molecule has 0 atom stereocenters. The van der Waals surface area contributed by atoms with Gasteiger partial charge in [0.05, 0.1) is 6.42 Å². The average molecular weight is 232 g/mol. The summed E-state index contributed by atoms with van der Waals surface area (Å²) < 4.78 is 10.2. The van der Waals surface area contributed by atoms with Gasteiger partial charge < -0.3 is 9.15 Å². The number of benzene rings is 1. The third kappa shape index (κ3) is 3.14. The molecule has 0 radical (unpaired) electrons. The van der Waals surface area contributed by atoms with Crippen molar-refractivity contribution in [3.63, 3.8) is 0 Å². The van der Waals surface area contributed by atoms with Gasteiger partial charge in [-0.25, -0.2) is 0 Å². The number of carbonyl (C=O) groups is 1. The summed E-state index contributed by atoms with van der Waals surface area (Å²) in [5, 5.41) is 7.66. The van der Waals surface area contributed by atoms with E-state index in [1.54, 1.807) is 19.1 Å². The van der Waals surface area contributed by atoms with Gasteiger partial charge in [-0.2, -0.15) is 0 Å². The molecule has 1 heterocycles. The van der Waals surface area contributed by atoms with Gasteiger partial charge in [-0.05, 0) is 17.7 Å². The van der Waals surface area contributed by atoms with E-state index in [0.717, 1.165) is 5.56 Å². The summed E-state index contributed by atoms with van der Waals surface area (Å²) in [6.07, 6.45) is 0.571. The molecule has 0 aliphatic heterocycles. The predicted octanol–water partition coefficient (Wildman–Crippen LogP) is 1.89. The third-order valence-electron chi connectivity index (χ3n) is 2.11. The zero-order valence-corrected chi connectivity index (χ0v) is 9.64. The highest BCUT2D eigenvalue weighted by Gasteiger charge is 2.04. The van der Waals surface area contributed by atoms with Crippen LogP contribution in [0.25, 0.3) is 0 Å². The Kier molecular flexibility index (Phi) is 3.18. The quantitative estimate of drug-likeness (QED) is 0.597. The SMILES string of the molecule is CC(=O)Oc1ccc(Cc2nnc(C)o2)cc1. The molecular formula is C12H12N2O3. The van der Waals surface area contributed by atoms with E-state index in [1.807, 2.05) is 12.1 Å². The summed E-state index contributed by atoms with van der Waals surface area (Å²) in [5.41, 5.74) is 1.02. The van der Waals surface area contributed by atoms with Crippen LogP contribution in [0.2, 0.25) is 0 Å². The zero-order chi connectivity index (χ0) is 12.3. The molecule has 0 N–H and O–H groups in total. The maximum atomic E-state index is 10.7. The fourth-order valence-corrected chi connectivity index (χ4v) is 1.42. The van der Waals surface area contributed by atoms with Gasteiger partial charge >= 0.3 is 5.97 Å². The van der Waals surface area contributed by atoms with Crippen LogP contribution in [0.3, 0.4) is 0 Å². The van der Waals surface area contributed by atoms with E-state index in [1.165, 1.54) is 6.92 Å². The number of esters is 1. The summed E-state index contributed by atoms with van der Waals surface area (Å²) in [7, 11) is 0. The minimum Gasteiger partial charge on any atom is -0.427 e. The molecule has 0 aliphatic rings. The molecule has 5 nitrogen and oxygen atoms in total. The highest BCUT2D eigenvalue weighted by molar-refractivity contribution is 5.69. The van der Waals surface area contributed by atoms with Crippen LogP contribution in [-0.4, -0.2) is 16.2 Å². The van der Waals surface area contributed by atoms with Crippen molar-refractivity contribution in [1.82, 2.24) is 10.2 Å². The van der Waals surface area contributed by atoms with Crippen molar-refractivity contribution in [2.24, 2.45) is 0 Å². The molecule has 5 heteroatoms. The lowest BCUT2D eigenvalue weighted by Gasteiger charge is -2.01. The Morgan fingerprint density at radius 3 is 2.53 bits per heavy atom. The van der Waals surface area contributed by atoms with E-state index in [9.17, 15) is 4.79 Å². The Balaban J connectivity index is 2.05. The molecule has 2 rings (SSSR count). The molecule has 0 aliphatic carbocycles. The number of rotatable bonds is 3. The van der Waals surface area contributed by atoms with Crippen LogP contribution in [0, 0.1) is 6.92 Å². The van der Waals surface area contributed by atoms with E-state index in [-0.39, 0.29) is 5.97 Å². The topological polar surface area (TPSA) is 65.2 Å². The fraction of sp³-hybridized carbons (Fsp3) is 0.250. The Labute approximate surface area is 98.4 Å². The van der Waals surface area contributed by atoms with E-state index >= 15 is 0 Å². The Bertz CT molecular complexity index is 517. The molecular weight excluding hydrogens is 220 g/mol. The van der Waals surface area contributed by atoms with Gasteiger partial charge in [0.15, 0.2) is 0 Å². The number of nitrogens with zero attached hydrogens (tertiary/aromatic N) is 2. The van der Waals surface area contributed by atoms with Gasteiger partial charge in [0, 0.05) is 13.8 Å². The summed E-state index contributed by atoms with van der Waals surface area (Å²) in [6, 6.07) is 7.19. The van der Waals surface area contributed by atoms with Crippen LogP contribution in [0.15, 0.2) is 28.7 Å². The fourth-order valence-electron chi connectivity index (χ4n) is 1.42. The summed E-state index contributed by atoms with van der Waals surface area (Å²) in [5.74, 6) is 1.33. The van der Waals surface area contributed by atoms with Crippen molar-refractivity contribution in [2.75, 3.05) is 0 Å².